The number of amides is 1. The molecule has 0 saturated carbocycles. The van der Waals surface area contributed by atoms with Gasteiger partial charge in [0.2, 0.25) is 5.91 Å². The van der Waals surface area contributed by atoms with E-state index >= 15 is 0 Å². The first-order valence-electron chi connectivity index (χ1n) is 10.4. The van der Waals surface area contributed by atoms with Crippen molar-refractivity contribution >= 4 is 5.91 Å². The van der Waals surface area contributed by atoms with Crippen molar-refractivity contribution in [3.63, 3.8) is 0 Å². The molecule has 0 unspecified atom stereocenters. The molecular weight excluding hydrogens is 332 g/mol. The van der Waals surface area contributed by atoms with E-state index in [0.717, 1.165) is 25.9 Å². The summed E-state index contributed by atoms with van der Waals surface area (Å²) in [4.78, 5) is 17.8. The molecule has 2 aromatic rings. The minimum Gasteiger partial charge on any atom is -0.343 e. The summed E-state index contributed by atoms with van der Waals surface area (Å²) in [6.07, 6.45) is 5.51. The van der Waals surface area contributed by atoms with E-state index < -0.39 is 0 Å². The van der Waals surface area contributed by atoms with E-state index in [4.69, 9.17) is 0 Å². The molecule has 0 aliphatic carbocycles. The van der Waals surface area contributed by atoms with Crippen LogP contribution in [0, 0.1) is 0 Å². The lowest BCUT2D eigenvalue weighted by molar-refractivity contribution is -0.133. The predicted octanol–water partition coefficient (Wildman–Crippen LogP) is 4.30. The van der Waals surface area contributed by atoms with Crippen LogP contribution < -0.4 is 0 Å². The van der Waals surface area contributed by atoms with Gasteiger partial charge in [0.1, 0.15) is 0 Å². The van der Waals surface area contributed by atoms with Crippen molar-refractivity contribution in [1.82, 2.24) is 9.80 Å². The first-order chi connectivity index (χ1) is 13.3. The van der Waals surface area contributed by atoms with E-state index in [-0.39, 0.29) is 5.92 Å². The van der Waals surface area contributed by atoms with Crippen molar-refractivity contribution in [1.29, 1.82) is 0 Å². The average Bonchev–Trinajstić information content (AvgIpc) is 3.28. The van der Waals surface area contributed by atoms with E-state index in [1.807, 2.05) is 12.1 Å². The first kappa shape index (κ1) is 18.2. The number of likely N-dealkylation sites (tertiary alicyclic amines) is 2. The van der Waals surface area contributed by atoms with Crippen molar-refractivity contribution in [3.05, 3.63) is 71.8 Å². The second kappa shape index (κ2) is 8.71. The molecule has 0 N–H and O–H groups in total. The number of benzene rings is 2. The smallest absolute Gasteiger partial charge is 0.223 e. The Morgan fingerprint density at radius 3 is 1.85 bits per heavy atom. The van der Waals surface area contributed by atoms with Crippen LogP contribution in [0.25, 0.3) is 0 Å². The third-order valence-electron chi connectivity index (χ3n) is 6.26. The van der Waals surface area contributed by atoms with E-state index in [9.17, 15) is 4.79 Å². The molecule has 2 aliphatic heterocycles. The molecule has 0 aromatic heterocycles. The van der Waals surface area contributed by atoms with Crippen LogP contribution in [-0.4, -0.2) is 47.9 Å². The fraction of sp³-hybridized carbons (Fsp3) is 0.458. The van der Waals surface area contributed by atoms with E-state index in [0.29, 0.717) is 18.4 Å². The van der Waals surface area contributed by atoms with Gasteiger partial charge in [-0.3, -0.25) is 4.79 Å². The lowest BCUT2D eigenvalue weighted by Crippen LogP contribution is -2.46. The molecule has 4 rings (SSSR count). The molecule has 0 radical (unpaired) electrons. The third-order valence-corrected chi connectivity index (χ3v) is 6.26. The van der Waals surface area contributed by atoms with Crippen LogP contribution >= 0.6 is 0 Å². The summed E-state index contributed by atoms with van der Waals surface area (Å²) >= 11 is 0. The quantitative estimate of drug-likeness (QED) is 0.792. The Kier molecular flexibility index (Phi) is 5.88. The zero-order valence-electron chi connectivity index (χ0n) is 16.1. The fourth-order valence-electron chi connectivity index (χ4n) is 4.69. The molecule has 3 heteroatoms. The second-order valence-electron chi connectivity index (χ2n) is 7.93. The first-order valence-corrected chi connectivity index (χ1v) is 10.4. The molecule has 3 nitrogen and oxygen atoms in total. The highest BCUT2D eigenvalue weighted by molar-refractivity contribution is 5.78. The molecule has 0 bridgehead atoms. The Labute approximate surface area is 163 Å². The number of hydrogen-bond acceptors (Lipinski definition) is 2. The third kappa shape index (κ3) is 4.41. The van der Waals surface area contributed by atoms with E-state index in [2.05, 4.69) is 58.3 Å². The number of nitrogens with zero attached hydrogens (tertiary/aromatic N) is 2. The highest BCUT2D eigenvalue weighted by atomic mass is 16.2. The maximum absolute atomic E-state index is 13.1. The molecule has 27 heavy (non-hydrogen) atoms. The van der Waals surface area contributed by atoms with Crippen LogP contribution in [-0.2, 0) is 4.79 Å². The molecular formula is C24H30N2O. The maximum atomic E-state index is 13.1. The number of carbonyl (C=O) groups is 1. The van der Waals surface area contributed by atoms with E-state index in [1.54, 1.807) is 0 Å². The van der Waals surface area contributed by atoms with Crippen LogP contribution in [0.15, 0.2) is 60.7 Å². The molecule has 2 fully saturated rings. The molecule has 2 heterocycles. The monoisotopic (exact) mass is 362 g/mol. The zero-order valence-corrected chi connectivity index (χ0v) is 16.1. The Bertz CT molecular complexity index is 677. The maximum Gasteiger partial charge on any atom is 0.223 e. The van der Waals surface area contributed by atoms with Gasteiger partial charge < -0.3 is 9.80 Å². The summed E-state index contributed by atoms with van der Waals surface area (Å²) in [5.74, 6) is 0.434. The minimum atomic E-state index is 0.135. The standard InChI is InChI=1S/C24H30N2O/c27-24(26-17-13-22(14-18-26)25-15-7-8-16-25)19-23(20-9-3-1-4-10-20)21-11-5-2-6-12-21/h1-6,9-12,22-23H,7-8,13-19H2. The summed E-state index contributed by atoms with van der Waals surface area (Å²) in [6, 6.07) is 21.6. The van der Waals surface area contributed by atoms with Gasteiger partial charge in [-0.15, -0.1) is 0 Å². The molecule has 1 amide bonds. The van der Waals surface area contributed by atoms with Crippen molar-refractivity contribution < 1.29 is 4.79 Å². The summed E-state index contributed by atoms with van der Waals surface area (Å²) in [5.41, 5.74) is 2.45. The topological polar surface area (TPSA) is 23.6 Å². The zero-order chi connectivity index (χ0) is 18.5. The van der Waals surface area contributed by atoms with Gasteiger partial charge in [0, 0.05) is 31.5 Å². The van der Waals surface area contributed by atoms with Gasteiger partial charge in [-0.1, -0.05) is 60.7 Å². The number of rotatable bonds is 5. The van der Waals surface area contributed by atoms with Crippen LogP contribution in [0.3, 0.4) is 0 Å². The van der Waals surface area contributed by atoms with Gasteiger partial charge >= 0.3 is 0 Å². The lowest BCUT2D eigenvalue weighted by Gasteiger charge is -2.37. The molecule has 2 aliphatic rings. The van der Waals surface area contributed by atoms with Gasteiger partial charge in [0.05, 0.1) is 0 Å². The van der Waals surface area contributed by atoms with Crippen LogP contribution in [0.5, 0.6) is 0 Å². The highest BCUT2D eigenvalue weighted by Crippen LogP contribution is 2.29. The average molecular weight is 363 g/mol. The Morgan fingerprint density at radius 2 is 1.33 bits per heavy atom. The van der Waals surface area contributed by atoms with Gasteiger partial charge in [0.25, 0.3) is 0 Å². The number of hydrogen-bond donors (Lipinski definition) is 0. The van der Waals surface area contributed by atoms with Crippen molar-refractivity contribution in [2.45, 2.75) is 44.1 Å². The molecule has 2 aromatic carbocycles. The largest absolute Gasteiger partial charge is 0.343 e. The summed E-state index contributed by atoms with van der Waals surface area (Å²) in [5, 5.41) is 0. The Hall–Kier alpha value is -2.13. The minimum absolute atomic E-state index is 0.135. The summed E-state index contributed by atoms with van der Waals surface area (Å²) < 4.78 is 0. The van der Waals surface area contributed by atoms with Crippen molar-refractivity contribution in [2.75, 3.05) is 26.2 Å². The molecule has 0 spiro atoms. The molecule has 2 saturated heterocycles. The van der Waals surface area contributed by atoms with E-state index in [1.165, 1.54) is 37.1 Å². The Morgan fingerprint density at radius 1 is 0.815 bits per heavy atom. The summed E-state index contributed by atoms with van der Waals surface area (Å²) in [6.45, 7) is 4.33. The lowest BCUT2D eigenvalue weighted by atomic mass is 9.88. The normalized spacial score (nSPS) is 18.9. The van der Waals surface area contributed by atoms with Gasteiger partial charge in [0.15, 0.2) is 0 Å². The van der Waals surface area contributed by atoms with Crippen molar-refractivity contribution in [2.24, 2.45) is 0 Å². The SMILES string of the molecule is O=C(CC(c1ccccc1)c1ccccc1)N1CCC(N2CCCC2)CC1. The van der Waals surface area contributed by atoms with Gasteiger partial charge in [-0.25, -0.2) is 0 Å². The predicted molar refractivity (Wildman–Crippen MR) is 110 cm³/mol. The number of piperidine rings is 1. The second-order valence-corrected chi connectivity index (χ2v) is 7.93. The fourth-order valence-corrected chi connectivity index (χ4v) is 4.69. The van der Waals surface area contributed by atoms with Crippen LogP contribution in [0.1, 0.15) is 49.1 Å². The molecule has 142 valence electrons. The Balaban J connectivity index is 1.42. The van der Waals surface area contributed by atoms with Crippen molar-refractivity contribution in [3.8, 4) is 0 Å². The number of carbonyl (C=O) groups excluding carboxylic acids is 1. The summed E-state index contributed by atoms with van der Waals surface area (Å²) in [7, 11) is 0. The molecule has 0 atom stereocenters. The highest BCUT2D eigenvalue weighted by Gasteiger charge is 2.29. The van der Waals surface area contributed by atoms with Gasteiger partial charge in [-0.05, 0) is 49.9 Å². The van der Waals surface area contributed by atoms with Crippen LogP contribution in [0.4, 0.5) is 0 Å². The van der Waals surface area contributed by atoms with Gasteiger partial charge in [-0.2, -0.15) is 0 Å². The van der Waals surface area contributed by atoms with Crippen LogP contribution in [0.2, 0.25) is 0 Å².